The second-order valence-corrected chi connectivity index (χ2v) is 6.04. The van der Waals surface area contributed by atoms with Gasteiger partial charge in [-0.2, -0.15) is 0 Å². The fourth-order valence-corrected chi connectivity index (χ4v) is 3.28. The van der Waals surface area contributed by atoms with Crippen LogP contribution in [0.2, 0.25) is 0 Å². The normalized spacial score (nSPS) is 18.8. The second kappa shape index (κ2) is 7.70. The number of hydrogen-bond donors (Lipinski definition) is 1. The van der Waals surface area contributed by atoms with Crippen LogP contribution in [0, 0.1) is 0 Å². The summed E-state index contributed by atoms with van der Waals surface area (Å²) in [6.07, 6.45) is 5.72. The largest absolute Gasteiger partial charge is 0.337 e. The van der Waals surface area contributed by atoms with Crippen LogP contribution in [0.15, 0.2) is 29.2 Å². The topological polar surface area (TPSA) is 32.3 Å². The highest BCUT2D eigenvalue weighted by Gasteiger charge is 2.21. The van der Waals surface area contributed by atoms with Crippen molar-refractivity contribution >= 4 is 17.7 Å². The lowest BCUT2D eigenvalue weighted by atomic mass is 10.0. The van der Waals surface area contributed by atoms with Gasteiger partial charge in [-0.25, -0.2) is 0 Å². The molecule has 0 bridgehead atoms. The van der Waals surface area contributed by atoms with Gasteiger partial charge in [-0.15, -0.1) is 11.8 Å². The minimum Gasteiger partial charge on any atom is -0.337 e. The minimum absolute atomic E-state index is 0.157. The third-order valence-corrected chi connectivity index (χ3v) is 4.66. The van der Waals surface area contributed by atoms with Gasteiger partial charge in [-0.3, -0.25) is 4.79 Å². The number of nitrogens with one attached hydrogen (secondary N) is 1. The summed E-state index contributed by atoms with van der Waals surface area (Å²) >= 11 is 1.63. The first-order valence-corrected chi connectivity index (χ1v) is 8.64. The molecule has 0 radical (unpaired) electrons. The first-order chi connectivity index (χ1) is 9.76. The van der Waals surface area contributed by atoms with Crippen LogP contribution in [-0.2, 0) is 0 Å². The summed E-state index contributed by atoms with van der Waals surface area (Å²) < 4.78 is 0. The van der Waals surface area contributed by atoms with Crippen LogP contribution in [0.5, 0.6) is 0 Å². The van der Waals surface area contributed by atoms with Gasteiger partial charge >= 0.3 is 0 Å². The van der Waals surface area contributed by atoms with E-state index in [1.54, 1.807) is 11.8 Å². The zero-order valence-electron chi connectivity index (χ0n) is 12.4. The van der Waals surface area contributed by atoms with Gasteiger partial charge in [0.1, 0.15) is 0 Å². The quantitative estimate of drug-likeness (QED) is 0.847. The zero-order valence-corrected chi connectivity index (χ0v) is 13.2. The second-order valence-electron chi connectivity index (χ2n) is 5.19. The molecule has 0 saturated carbocycles. The van der Waals surface area contributed by atoms with Crippen molar-refractivity contribution in [3.63, 3.8) is 0 Å². The minimum atomic E-state index is 0.157. The highest BCUT2D eigenvalue weighted by Crippen LogP contribution is 2.21. The van der Waals surface area contributed by atoms with Crippen LogP contribution in [0.3, 0.4) is 0 Å². The molecule has 3 nitrogen and oxygen atoms in total. The van der Waals surface area contributed by atoms with Crippen molar-refractivity contribution < 1.29 is 4.79 Å². The van der Waals surface area contributed by atoms with Crippen molar-refractivity contribution in [2.24, 2.45) is 0 Å². The fourth-order valence-electron chi connectivity index (χ4n) is 2.69. The molecule has 1 atom stereocenters. The van der Waals surface area contributed by atoms with E-state index in [0.29, 0.717) is 6.04 Å². The van der Waals surface area contributed by atoms with E-state index in [9.17, 15) is 4.79 Å². The molecule has 0 spiro atoms. The predicted octanol–water partition coefficient (Wildman–Crippen LogP) is 3.01. The Morgan fingerprint density at radius 1 is 1.40 bits per heavy atom. The SMILES string of the molecule is CCN(CC1CCCCN1)C(=O)c1ccccc1SC. The summed E-state index contributed by atoms with van der Waals surface area (Å²) in [5.74, 6) is 0.157. The van der Waals surface area contributed by atoms with E-state index >= 15 is 0 Å². The number of thioether (sulfide) groups is 1. The summed E-state index contributed by atoms with van der Waals surface area (Å²) in [6.45, 7) is 4.72. The maximum atomic E-state index is 12.7. The molecule has 0 aliphatic carbocycles. The Hall–Kier alpha value is -1.00. The van der Waals surface area contributed by atoms with Crippen LogP contribution in [-0.4, -0.2) is 42.7 Å². The van der Waals surface area contributed by atoms with Crippen LogP contribution in [0.1, 0.15) is 36.5 Å². The van der Waals surface area contributed by atoms with E-state index < -0.39 is 0 Å². The fraction of sp³-hybridized carbons (Fsp3) is 0.562. The Labute approximate surface area is 126 Å². The van der Waals surface area contributed by atoms with E-state index in [4.69, 9.17) is 0 Å². The molecule has 1 aromatic rings. The first-order valence-electron chi connectivity index (χ1n) is 7.42. The van der Waals surface area contributed by atoms with Crippen LogP contribution >= 0.6 is 11.8 Å². The van der Waals surface area contributed by atoms with Gasteiger partial charge in [0.05, 0.1) is 5.56 Å². The van der Waals surface area contributed by atoms with Gasteiger partial charge in [-0.05, 0) is 44.7 Å². The highest BCUT2D eigenvalue weighted by atomic mass is 32.2. The smallest absolute Gasteiger partial charge is 0.255 e. The number of carbonyl (C=O) groups excluding carboxylic acids is 1. The van der Waals surface area contributed by atoms with Crippen LogP contribution in [0.25, 0.3) is 0 Å². The lowest BCUT2D eigenvalue weighted by Crippen LogP contribution is -2.45. The molecule has 1 aliphatic heterocycles. The van der Waals surface area contributed by atoms with E-state index in [2.05, 4.69) is 12.2 Å². The molecule has 20 heavy (non-hydrogen) atoms. The molecule has 1 saturated heterocycles. The van der Waals surface area contributed by atoms with Crippen molar-refractivity contribution in [2.45, 2.75) is 37.1 Å². The molecule has 1 N–H and O–H groups in total. The van der Waals surface area contributed by atoms with Crippen LogP contribution < -0.4 is 5.32 Å². The Kier molecular flexibility index (Phi) is 5.92. The molecule has 1 heterocycles. The Balaban J connectivity index is 2.07. The molecule has 110 valence electrons. The van der Waals surface area contributed by atoms with Gasteiger partial charge in [0.15, 0.2) is 0 Å². The number of nitrogens with zero attached hydrogens (tertiary/aromatic N) is 1. The Morgan fingerprint density at radius 2 is 2.20 bits per heavy atom. The molecular weight excluding hydrogens is 268 g/mol. The number of carbonyl (C=O) groups is 1. The van der Waals surface area contributed by atoms with Crippen LogP contribution in [0.4, 0.5) is 0 Å². The Bertz CT molecular complexity index is 444. The number of benzene rings is 1. The average molecular weight is 292 g/mol. The lowest BCUT2D eigenvalue weighted by Gasteiger charge is -2.30. The molecule has 0 aromatic heterocycles. The summed E-state index contributed by atoms with van der Waals surface area (Å²) in [7, 11) is 0. The van der Waals surface area contributed by atoms with Gasteiger partial charge in [0.25, 0.3) is 5.91 Å². The van der Waals surface area contributed by atoms with E-state index in [1.165, 1.54) is 19.3 Å². The molecular formula is C16H24N2OS. The van der Waals surface area contributed by atoms with Crippen molar-refractivity contribution in [3.05, 3.63) is 29.8 Å². The third kappa shape index (κ3) is 3.76. The predicted molar refractivity (Wildman–Crippen MR) is 85.4 cm³/mol. The number of likely N-dealkylation sites (N-methyl/N-ethyl adjacent to an activating group) is 1. The molecule has 4 heteroatoms. The maximum Gasteiger partial charge on any atom is 0.255 e. The number of hydrogen-bond acceptors (Lipinski definition) is 3. The lowest BCUT2D eigenvalue weighted by molar-refractivity contribution is 0.0738. The number of piperidine rings is 1. The standard InChI is InChI=1S/C16H24N2OS/c1-3-18(12-13-8-6-7-11-17-13)16(19)14-9-4-5-10-15(14)20-2/h4-5,9-10,13,17H,3,6-8,11-12H2,1-2H3. The molecule has 1 aliphatic rings. The first kappa shape index (κ1) is 15.4. The molecule has 1 aromatic carbocycles. The molecule has 1 amide bonds. The third-order valence-electron chi connectivity index (χ3n) is 3.86. The summed E-state index contributed by atoms with van der Waals surface area (Å²) in [6, 6.07) is 8.34. The zero-order chi connectivity index (χ0) is 14.4. The Morgan fingerprint density at radius 3 is 2.85 bits per heavy atom. The van der Waals surface area contributed by atoms with Gasteiger partial charge < -0.3 is 10.2 Å². The van der Waals surface area contributed by atoms with Gasteiger partial charge in [0.2, 0.25) is 0 Å². The van der Waals surface area contributed by atoms with Crippen molar-refractivity contribution in [1.29, 1.82) is 0 Å². The molecule has 1 unspecified atom stereocenters. The number of amides is 1. The highest BCUT2D eigenvalue weighted by molar-refractivity contribution is 7.98. The molecule has 2 rings (SSSR count). The summed E-state index contributed by atoms with van der Waals surface area (Å²) in [5, 5.41) is 3.52. The van der Waals surface area contributed by atoms with Gasteiger partial charge in [-0.1, -0.05) is 18.6 Å². The van der Waals surface area contributed by atoms with Crippen molar-refractivity contribution in [3.8, 4) is 0 Å². The van der Waals surface area contributed by atoms with E-state index in [0.717, 1.165) is 30.1 Å². The van der Waals surface area contributed by atoms with E-state index in [-0.39, 0.29) is 5.91 Å². The van der Waals surface area contributed by atoms with Crippen molar-refractivity contribution in [2.75, 3.05) is 25.9 Å². The summed E-state index contributed by atoms with van der Waals surface area (Å²) in [5.41, 5.74) is 0.831. The molecule has 1 fully saturated rings. The average Bonchev–Trinajstić information content (AvgIpc) is 2.53. The number of rotatable bonds is 5. The van der Waals surface area contributed by atoms with E-state index in [1.807, 2.05) is 35.4 Å². The van der Waals surface area contributed by atoms with Crippen molar-refractivity contribution in [1.82, 2.24) is 10.2 Å². The summed E-state index contributed by atoms with van der Waals surface area (Å²) in [4.78, 5) is 15.7. The van der Waals surface area contributed by atoms with Gasteiger partial charge in [0, 0.05) is 24.0 Å². The maximum absolute atomic E-state index is 12.7. The monoisotopic (exact) mass is 292 g/mol.